The van der Waals surface area contributed by atoms with E-state index in [1.165, 1.54) is 31.2 Å². The van der Waals surface area contributed by atoms with Gasteiger partial charge in [0.05, 0.1) is 6.61 Å². The van der Waals surface area contributed by atoms with Crippen LogP contribution < -0.4 is 5.32 Å². The summed E-state index contributed by atoms with van der Waals surface area (Å²) in [4.78, 5) is 24.5. The van der Waals surface area contributed by atoms with Gasteiger partial charge in [-0.1, -0.05) is 29.8 Å². The third kappa shape index (κ3) is 5.78. The molecule has 0 bridgehead atoms. The lowest BCUT2D eigenvalue weighted by molar-refractivity contribution is -0.445. The van der Waals surface area contributed by atoms with Gasteiger partial charge < -0.3 is 10.1 Å². The fourth-order valence-corrected chi connectivity index (χ4v) is 4.36. The molecule has 0 aliphatic carbocycles. The van der Waals surface area contributed by atoms with Crippen molar-refractivity contribution in [2.45, 2.75) is 60.7 Å². The zero-order chi connectivity index (χ0) is 35.4. The molecule has 22 heteroatoms. The van der Waals surface area contributed by atoms with Crippen molar-refractivity contribution in [3.63, 3.8) is 0 Å². The number of halogens is 17. The van der Waals surface area contributed by atoms with E-state index in [-0.39, 0.29) is 22.5 Å². The topological polar surface area (TPSA) is 55.4 Å². The number of benzene rings is 1. The predicted octanol–water partition coefficient (Wildman–Crippen LogP) is 9.12. The van der Waals surface area contributed by atoms with E-state index in [4.69, 9.17) is 0 Å². The average molecular weight is 724 g/mol. The summed E-state index contributed by atoms with van der Waals surface area (Å²) in [6.45, 7) is 2.39. The lowest BCUT2D eigenvalue weighted by Crippen LogP contribution is -2.75. The molecule has 0 radical (unpaired) electrons. The van der Waals surface area contributed by atoms with Gasteiger partial charge in [-0.25, -0.2) is 4.79 Å². The number of amides is 1. The minimum absolute atomic E-state index is 0.0774. The number of esters is 1. The van der Waals surface area contributed by atoms with Crippen LogP contribution in [-0.2, 0) is 9.53 Å². The molecule has 0 unspecified atom stereocenters. The van der Waals surface area contributed by atoms with Gasteiger partial charge in [-0.05, 0) is 31.0 Å². The van der Waals surface area contributed by atoms with Crippen LogP contribution in [0.15, 0.2) is 29.6 Å². The van der Waals surface area contributed by atoms with Crippen molar-refractivity contribution in [1.82, 2.24) is 0 Å². The Balaban J connectivity index is 2.61. The summed E-state index contributed by atoms with van der Waals surface area (Å²) in [5.74, 6) is -62.9. The molecule has 0 fully saturated rings. The molecule has 0 atom stereocenters. The minimum atomic E-state index is -8.72. The summed E-state index contributed by atoms with van der Waals surface area (Å²) < 4.78 is 225. The molecule has 0 saturated heterocycles. The Labute approximate surface area is 249 Å². The number of carbonyl (C=O) groups is 2. The van der Waals surface area contributed by atoms with Crippen molar-refractivity contribution in [3.05, 3.63) is 40.8 Å². The van der Waals surface area contributed by atoms with Crippen LogP contribution in [0.5, 0.6) is 0 Å². The van der Waals surface area contributed by atoms with Gasteiger partial charge >= 0.3 is 58.7 Å². The van der Waals surface area contributed by atoms with Gasteiger partial charge in [-0.2, -0.15) is 70.2 Å². The number of anilines is 1. The van der Waals surface area contributed by atoms with Gasteiger partial charge in [0.2, 0.25) is 0 Å². The molecule has 1 heterocycles. The van der Waals surface area contributed by atoms with Crippen LogP contribution in [0, 0.1) is 6.92 Å². The Hall–Kier alpha value is -2.97. The van der Waals surface area contributed by atoms with E-state index in [1.54, 1.807) is 6.92 Å². The van der Waals surface area contributed by atoms with Crippen molar-refractivity contribution < 1.29 is 84.6 Å². The monoisotopic (exact) mass is 723 g/mol. The fraction of sp³-hybridized carbons (Fsp3) is 0.478. The van der Waals surface area contributed by atoms with E-state index in [0.29, 0.717) is 5.56 Å². The quantitative estimate of drug-likeness (QED) is 0.135. The zero-order valence-electron chi connectivity index (χ0n) is 21.7. The highest BCUT2D eigenvalue weighted by Gasteiger charge is 2.95. The fourth-order valence-electron chi connectivity index (χ4n) is 3.29. The SMILES string of the molecule is CCOC(=O)c1c(-c2ccc(C)cc2)csc1NC(=O)C(F)(F)C(F)(F)C(F)(F)C(F)(F)C(F)(F)C(F)(F)C(F)(F)C(F)(F)Cl. The molecule has 1 amide bonds. The van der Waals surface area contributed by atoms with Crippen LogP contribution in [0.3, 0.4) is 0 Å². The molecule has 45 heavy (non-hydrogen) atoms. The summed E-state index contributed by atoms with van der Waals surface area (Å²) >= 11 is 3.56. The number of rotatable bonds is 12. The highest BCUT2D eigenvalue weighted by atomic mass is 35.5. The molecule has 0 aliphatic rings. The van der Waals surface area contributed by atoms with Crippen molar-refractivity contribution >= 4 is 39.8 Å². The first-order valence-corrected chi connectivity index (χ1v) is 12.6. The first kappa shape index (κ1) is 38.2. The van der Waals surface area contributed by atoms with Crippen molar-refractivity contribution in [1.29, 1.82) is 0 Å². The second kappa shape index (κ2) is 11.7. The van der Waals surface area contributed by atoms with Crippen LogP contribution in [-0.4, -0.2) is 65.3 Å². The first-order valence-electron chi connectivity index (χ1n) is 11.4. The molecule has 4 nitrogen and oxygen atoms in total. The Morgan fingerprint density at radius 1 is 0.733 bits per heavy atom. The van der Waals surface area contributed by atoms with E-state index in [0.717, 1.165) is 10.7 Å². The Morgan fingerprint density at radius 2 is 1.16 bits per heavy atom. The normalized spacial score (nSPS) is 14.4. The second-order valence-electron chi connectivity index (χ2n) is 8.91. The molecule has 0 spiro atoms. The predicted molar refractivity (Wildman–Crippen MR) is 125 cm³/mol. The Bertz CT molecular complexity index is 1420. The van der Waals surface area contributed by atoms with Gasteiger partial charge in [0.1, 0.15) is 10.6 Å². The summed E-state index contributed by atoms with van der Waals surface area (Å²) in [6, 6.07) is 5.52. The van der Waals surface area contributed by atoms with E-state index in [9.17, 15) is 79.8 Å². The van der Waals surface area contributed by atoms with E-state index in [1.807, 2.05) is 0 Å². The average Bonchev–Trinajstić information content (AvgIpc) is 3.31. The maximum Gasteiger partial charge on any atom is 0.393 e. The van der Waals surface area contributed by atoms with Crippen molar-refractivity contribution in [2.24, 2.45) is 0 Å². The van der Waals surface area contributed by atoms with Crippen molar-refractivity contribution in [2.75, 3.05) is 11.9 Å². The third-order valence-corrected chi connectivity index (χ3v) is 7.00. The number of nitrogens with one attached hydrogen (secondary N) is 1. The van der Waals surface area contributed by atoms with Crippen LogP contribution in [0.2, 0.25) is 0 Å². The van der Waals surface area contributed by atoms with Gasteiger partial charge in [-0.3, -0.25) is 4.79 Å². The summed E-state index contributed by atoms with van der Waals surface area (Å²) in [5.41, 5.74) is -0.403. The number of carbonyl (C=O) groups excluding carboxylic acids is 2. The highest BCUT2D eigenvalue weighted by Crippen LogP contribution is 2.64. The van der Waals surface area contributed by atoms with E-state index in [2.05, 4.69) is 16.3 Å². The van der Waals surface area contributed by atoms with E-state index >= 15 is 0 Å². The highest BCUT2D eigenvalue weighted by molar-refractivity contribution is 7.15. The zero-order valence-corrected chi connectivity index (χ0v) is 23.2. The third-order valence-electron chi connectivity index (χ3n) is 5.87. The number of aryl methyl sites for hydroxylation is 1. The molecule has 1 aromatic heterocycles. The number of hydrogen-bond acceptors (Lipinski definition) is 4. The van der Waals surface area contributed by atoms with E-state index < -0.39 is 75.9 Å². The standard InChI is InChI=1S/C23H14ClF16NO3S/c1-3-44-14(42)12-11(10-6-4-9(2)5-7-10)8-45-13(12)41-15(43)16(25,26)17(27,28)18(29,30)19(31,32)20(33,34)21(35,36)22(37,38)23(24,39)40/h4-8H,3H2,1-2H3,(H,41,43). The summed E-state index contributed by atoms with van der Waals surface area (Å²) in [5, 5.41) is -6.34. The van der Waals surface area contributed by atoms with Crippen LogP contribution in [0.4, 0.5) is 75.2 Å². The smallest absolute Gasteiger partial charge is 0.393 e. The molecule has 2 aromatic rings. The van der Waals surface area contributed by atoms with Crippen molar-refractivity contribution in [3.8, 4) is 11.1 Å². The summed E-state index contributed by atoms with van der Waals surface area (Å²) in [6.07, 6.45) is 0. The Kier molecular flexibility index (Phi) is 9.92. The second-order valence-corrected chi connectivity index (χ2v) is 10.3. The van der Waals surface area contributed by atoms with Crippen LogP contribution in [0.25, 0.3) is 11.1 Å². The number of ether oxygens (including phenoxy) is 1. The Morgan fingerprint density at radius 3 is 1.58 bits per heavy atom. The number of alkyl halides is 17. The number of thiophene rings is 1. The molecule has 2 rings (SSSR count). The first-order chi connectivity index (χ1) is 20.0. The lowest BCUT2D eigenvalue weighted by atomic mass is 9.89. The van der Waals surface area contributed by atoms with Gasteiger partial charge in [0.15, 0.2) is 0 Å². The minimum Gasteiger partial charge on any atom is -0.462 e. The van der Waals surface area contributed by atoms with Crippen LogP contribution >= 0.6 is 22.9 Å². The molecular weight excluding hydrogens is 710 g/mol. The maximum absolute atomic E-state index is 14.5. The summed E-state index contributed by atoms with van der Waals surface area (Å²) in [7, 11) is 0. The molecule has 1 N–H and O–H groups in total. The molecule has 1 aromatic carbocycles. The number of hydrogen-bond donors (Lipinski definition) is 1. The lowest BCUT2D eigenvalue weighted by Gasteiger charge is -2.42. The van der Waals surface area contributed by atoms with Gasteiger partial charge in [0, 0.05) is 10.9 Å². The molecular formula is C23H14ClF16NO3S. The molecule has 254 valence electrons. The largest absolute Gasteiger partial charge is 0.462 e. The van der Waals surface area contributed by atoms with Gasteiger partial charge in [0.25, 0.3) is 0 Å². The maximum atomic E-state index is 14.5. The molecule has 0 aliphatic heterocycles. The van der Waals surface area contributed by atoms with Crippen LogP contribution in [0.1, 0.15) is 22.8 Å². The molecule has 0 saturated carbocycles. The van der Waals surface area contributed by atoms with Gasteiger partial charge in [-0.15, -0.1) is 11.3 Å².